The van der Waals surface area contributed by atoms with E-state index in [1.54, 1.807) is 7.11 Å². The van der Waals surface area contributed by atoms with E-state index in [4.69, 9.17) is 9.84 Å². The van der Waals surface area contributed by atoms with Crippen LogP contribution in [0.25, 0.3) is 5.65 Å². The number of fused-ring (bicyclic) bond motifs is 1. The zero-order chi connectivity index (χ0) is 19.1. The van der Waals surface area contributed by atoms with E-state index in [-0.39, 0.29) is 5.91 Å². The highest BCUT2D eigenvalue weighted by molar-refractivity contribution is 5.97. The van der Waals surface area contributed by atoms with E-state index in [1.165, 1.54) is 0 Å². The van der Waals surface area contributed by atoms with Crippen molar-refractivity contribution >= 4 is 17.4 Å². The number of anilines is 1. The van der Waals surface area contributed by atoms with E-state index in [1.807, 2.05) is 45.8 Å². The highest BCUT2D eigenvalue weighted by atomic mass is 16.5. The van der Waals surface area contributed by atoms with Crippen LogP contribution < -0.4 is 9.64 Å². The van der Waals surface area contributed by atoms with Crippen molar-refractivity contribution in [2.45, 2.75) is 18.8 Å². The molecule has 1 aliphatic heterocycles. The van der Waals surface area contributed by atoms with E-state index in [9.17, 15) is 4.79 Å². The van der Waals surface area contributed by atoms with Gasteiger partial charge in [0.05, 0.1) is 12.7 Å². The van der Waals surface area contributed by atoms with Gasteiger partial charge >= 0.3 is 0 Å². The lowest BCUT2D eigenvalue weighted by Gasteiger charge is -2.35. The van der Waals surface area contributed by atoms with Crippen LogP contribution in [0.2, 0.25) is 0 Å². The van der Waals surface area contributed by atoms with E-state index < -0.39 is 0 Å². The largest absolute Gasteiger partial charge is 0.496 e. The molecule has 2 aliphatic rings. The number of carbonyl (C=O) groups excluding carboxylic acids is 1. The zero-order valence-corrected chi connectivity index (χ0v) is 15.8. The first-order valence-electron chi connectivity index (χ1n) is 9.64. The molecule has 0 atom stereocenters. The van der Waals surface area contributed by atoms with Gasteiger partial charge < -0.3 is 14.5 Å². The maximum absolute atomic E-state index is 12.9. The molecule has 1 saturated heterocycles. The minimum atomic E-state index is 0.00957. The number of piperazine rings is 1. The molecule has 1 saturated carbocycles. The third kappa shape index (κ3) is 2.94. The van der Waals surface area contributed by atoms with Crippen LogP contribution in [0.5, 0.6) is 5.75 Å². The Labute approximate surface area is 162 Å². The smallest absolute Gasteiger partial charge is 0.257 e. The van der Waals surface area contributed by atoms with Gasteiger partial charge in [-0.3, -0.25) is 4.79 Å². The summed E-state index contributed by atoms with van der Waals surface area (Å²) in [4.78, 5) is 17.0. The topological polar surface area (TPSA) is 75.9 Å². The summed E-state index contributed by atoms with van der Waals surface area (Å²) in [5, 5.41) is 13.3. The van der Waals surface area contributed by atoms with E-state index in [0.29, 0.717) is 30.3 Å². The molecule has 3 heterocycles. The van der Waals surface area contributed by atoms with Crippen LogP contribution in [0.15, 0.2) is 36.4 Å². The molecule has 8 nitrogen and oxygen atoms in total. The molecule has 0 N–H and O–H groups in total. The van der Waals surface area contributed by atoms with Gasteiger partial charge in [-0.2, -0.15) is 4.52 Å². The standard InChI is InChI=1S/C20H22N6O2/c1-28-16-5-3-2-4-15(16)20(27)25-12-10-24(11-13-25)18-9-8-17-21-22-19(14-6-7-14)26(17)23-18/h2-5,8-9,14H,6-7,10-13H2,1H3. The number of carbonyl (C=O) groups is 1. The lowest BCUT2D eigenvalue weighted by atomic mass is 10.1. The Kier molecular flexibility index (Phi) is 4.11. The summed E-state index contributed by atoms with van der Waals surface area (Å²) in [5.74, 6) is 2.98. The molecule has 5 rings (SSSR count). The third-order valence-corrected chi connectivity index (χ3v) is 5.44. The Bertz CT molecular complexity index is 1020. The predicted octanol–water partition coefficient (Wildman–Crippen LogP) is 1.97. The number of hydrogen-bond donors (Lipinski definition) is 0. The summed E-state index contributed by atoms with van der Waals surface area (Å²) in [6, 6.07) is 11.3. The number of benzene rings is 1. The van der Waals surface area contributed by atoms with Crippen LogP contribution in [-0.2, 0) is 0 Å². The molecular weight excluding hydrogens is 356 g/mol. The first-order valence-corrected chi connectivity index (χ1v) is 9.64. The number of aromatic nitrogens is 4. The summed E-state index contributed by atoms with van der Waals surface area (Å²) < 4.78 is 7.21. The van der Waals surface area contributed by atoms with Gasteiger partial charge in [0.25, 0.3) is 5.91 Å². The molecule has 2 fully saturated rings. The lowest BCUT2D eigenvalue weighted by molar-refractivity contribution is 0.0743. The van der Waals surface area contributed by atoms with Crippen molar-refractivity contribution in [3.63, 3.8) is 0 Å². The fraction of sp³-hybridized carbons (Fsp3) is 0.400. The van der Waals surface area contributed by atoms with Crippen molar-refractivity contribution in [3.8, 4) is 5.75 Å². The van der Waals surface area contributed by atoms with Crippen LogP contribution in [0.4, 0.5) is 5.82 Å². The fourth-order valence-electron chi connectivity index (χ4n) is 3.69. The van der Waals surface area contributed by atoms with Crippen LogP contribution in [0.3, 0.4) is 0 Å². The molecular formula is C20H22N6O2. The van der Waals surface area contributed by atoms with E-state index >= 15 is 0 Å². The Morgan fingerprint density at radius 1 is 1.04 bits per heavy atom. The molecule has 1 amide bonds. The molecule has 1 aliphatic carbocycles. The molecule has 2 aromatic heterocycles. The van der Waals surface area contributed by atoms with Crippen molar-refractivity contribution in [2.24, 2.45) is 0 Å². The summed E-state index contributed by atoms with van der Waals surface area (Å²) in [5.41, 5.74) is 1.40. The number of rotatable bonds is 4. The van der Waals surface area contributed by atoms with Crippen molar-refractivity contribution < 1.29 is 9.53 Å². The molecule has 0 bridgehead atoms. The summed E-state index contributed by atoms with van der Waals surface area (Å²) in [6.07, 6.45) is 2.33. The van der Waals surface area contributed by atoms with Crippen LogP contribution in [0, 0.1) is 0 Å². The van der Waals surface area contributed by atoms with Crippen LogP contribution in [0.1, 0.15) is 34.9 Å². The maximum atomic E-state index is 12.9. The van der Waals surface area contributed by atoms with Gasteiger partial charge in [-0.05, 0) is 37.1 Å². The van der Waals surface area contributed by atoms with Crippen molar-refractivity contribution in [2.75, 3.05) is 38.2 Å². The second kappa shape index (κ2) is 6.78. The van der Waals surface area contributed by atoms with Crippen molar-refractivity contribution in [1.29, 1.82) is 0 Å². The molecule has 8 heteroatoms. The number of amides is 1. The molecule has 0 spiro atoms. The second-order valence-electron chi connectivity index (χ2n) is 7.27. The quantitative estimate of drug-likeness (QED) is 0.691. The number of para-hydroxylation sites is 1. The molecule has 0 unspecified atom stereocenters. The van der Waals surface area contributed by atoms with Gasteiger partial charge in [-0.1, -0.05) is 12.1 Å². The number of hydrogen-bond acceptors (Lipinski definition) is 6. The summed E-state index contributed by atoms with van der Waals surface area (Å²) >= 11 is 0. The normalized spacial score (nSPS) is 17.2. The molecule has 144 valence electrons. The fourth-order valence-corrected chi connectivity index (χ4v) is 3.69. The van der Waals surface area contributed by atoms with Gasteiger partial charge in [0.15, 0.2) is 11.5 Å². The average Bonchev–Trinajstić information content (AvgIpc) is 3.52. The second-order valence-corrected chi connectivity index (χ2v) is 7.27. The molecule has 28 heavy (non-hydrogen) atoms. The Morgan fingerprint density at radius 2 is 1.82 bits per heavy atom. The van der Waals surface area contributed by atoms with Gasteiger partial charge in [-0.25, -0.2) is 0 Å². The molecule has 3 aromatic rings. The predicted molar refractivity (Wildman–Crippen MR) is 104 cm³/mol. The minimum Gasteiger partial charge on any atom is -0.496 e. The van der Waals surface area contributed by atoms with E-state index in [0.717, 1.165) is 43.2 Å². The third-order valence-electron chi connectivity index (χ3n) is 5.44. The summed E-state index contributed by atoms with van der Waals surface area (Å²) in [7, 11) is 1.59. The number of methoxy groups -OCH3 is 1. The number of ether oxygens (including phenoxy) is 1. The Hall–Kier alpha value is -3.16. The SMILES string of the molecule is COc1ccccc1C(=O)N1CCN(c2ccc3nnc(C4CC4)n3n2)CC1. The van der Waals surface area contributed by atoms with Gasteiger partial charge in [0.1, 0.15) is 11.6 Å². The zero-order valence-electron chi connectivity index (χ0n) is 15.8. The minimum absolute atomic E-state index is 0.00957. The number of nitrogens with zero attached hydrogens (tertiary/aromatic N) is 6. The first-order chi connectivity index (χ1) is 13.7. The van der Waals surface area contributed by atoms with Gasteiger partial charge in [0.2, 0.25) is 0 Å². The first kappa shape index (κ1) is 17.0. The highest BCUT2D eigenvalue weighted by Gasteiger charge is 2.30. The Balaban J connectivity index is 1.31. The van der Waals surface area contributed by atoms with Gasteiger partial charge in [0, 0.05) is 32.1 Å². The lowest BCUT2D eigenvalue weighted by Crippen LogP contribution is -2.49. The Morgan fingerprint density at radius 3 is 2.57 bits per heavy atom. The van der Waals surface area contributed by atoms with Crippen LogP contribution >= 0.6 is 0 Å². The highest BCUT2D eigenvalue weighted by Crippen LogP contribution is 2.38. The summed E-state index contributed by atoms with van der Waals surface area (Å²) in [6.45, 7) is 2.77. The monoisotopic (exact) mass is 378 g/mol. The van der Waals surface area contributed by atoms with Gasteiger partial charge in [-0.15, -0.1) is 15.3 Å². The van der Waals surface area contributed by atoms with Crippen molar-refractivity contribution in [1.82, 2.24) is 24.7 Å². The molecule has 0 radical (unpaired) electrons. The van der Waals surface area contributed by atoms with Crippen molar-refractivity contribution in [3.05, 3.63) is 47.8 Å². The molecule has 1 aromatic carbocycles. The maximum Gasteiger partial charge on any atom is 0.257 e. The van der Waals surface area contributed by atoms with Crippen LogP contribution in [-0.4, -0.2) is 63.9 Å². The van der Waals surface area contributed by atoms with E-state index in [2.05, 4.69) is 15.1 Å². The average molecular weight is 378 g/mol.